The van der Waals surface area contributed by atoms with Crippen LogP contribution in [0.5, 0.6) is 11.5 Å². The topological polar surface area (TPSA) is 105 Å². The van der Waals surface area contributed by atoms with Gasteiger partial charge in [0.15, 0.2) is 0 Å². The number of anilines is 1. The molecule has 10 heteroatoms. The minimum Gasteiger partial charge on any atom is -0.497 e. The second-order valence-corrected chi connectivity index (χ2v) is 13.1. The van der Waals surface area contributed by atoms with Crippen molar-refractivity contribution in [3.05, 3.63) is 83.4 Å². The van der Waals surface area contributed by atoms with E-state index in [2.05, 4.69) is 5.32 Å². The van der Waals surface area contributed by atoms with Gasteiger partial charge in [-0.3, -0.25) is 13.9 Å². The molecule has 4 rings (SSSR count). The van der Waals surface area contributed by atoms with Crippen LogP contribution in [0.1, 0.15) is 55.7 Å². The van der Waals surface area contributed by atoms with Crippen LogP contribution in [0.4, 0.5) is 5.69 Å². The van der Waals surface area contributed by atoms with Gasteiger partial charge in [-0.05, 0) is 80.6 Å². The van der Waals surface area contributed by atoms with Crippen LogP contribution in [0.15, 0.2) is 71.6 Å². The van der Waals surface area contributed by atoms with Crippen molar-refractivity contribution in [1.82, 2.24) is 10.2 Å². The number of sulfonamides is 1. The van der Waals surface area contributed by atoms with Crippen LogP contribution < -0.4 is 19.1 Å². The summed E-state index contributed by atoms with van der Waals surface area (Å²) in [6, 6.07) is 18.2. The highest BCUT2D eigenvalue weighted by Gasteiger charge is 2.35. The van der Waals surface area contributed by atoms with E-state index in [1.54, 1.807) is 43.5 Å². The number of hydrogen-bond donors (Lipinski definition) is 1. The van der Waals surface area contributed by atoms with Gasteiger partial charge in [0.25, 0.3) is 10.0 Å². The van der Waals surface area contributed by atoms with Crippen molar-refractivity contribution in [3.8, 4) is 11.5 Å². The number of aryl methyl sites for hydroxylation is 2. The lowest BCUT2D eigenvalue weighted by Gasteiger charge is -2.34. The molecule has 0 radical (unpaired) electrons. The highest BCUT2D eigenvalue weighted by Crippen LogP contribution is 2.34. The van der Waals surface area contributed by atoms with Gasteiger partial charge >= 0.3 is 0 Å². The van der Waals surface area contributed by atoms with Crippen molar-refractivity contribution >= 4 is 27.5 Å². The Kier molecular flexibility index (Phi) is 10.9. The zero-order valence-corrected chi connectivity index (χ0v) is 27.0. The number of carbonyl (C=O) groups is 2. The summed E-state index contributed by atoms with van der Waals surface area (Å²) in [6.45, 7) is 5.16. The highest BCUT2D eigenvalue weighted by molar-refractivity contribution is 7.92. The summed E-state index contributed by atoms with van der Waals surface area (Å²) < 4.78 is 40.4. The van der Waals surface area contributed by atoms with Crippen molar-refractivity contribution in [2.45, 2.75) is 76.4 Å². The fraction of sp³-hybridized carbons (Fsp3) is 0.412. The summed E-state index contributed by atoms with van der Waals surface area (Å²) in [4.78, 5) is 29.6. The number of hydrogen-bond acceptors (Lipinski definition) is 6. The van der Waals surface area contributed by atoms with Crippen LogP contribution >= 0.6 is 0 Å². The molecule has 9 nitrogen and oxygen atoms in total. The van der Waals surface area contributed by atoms with Crippen LogP contribution in [0.25, 0.3) is 0 Å². The lowest BCUT2D eigenvalue weighted by atomic mass is 10.1. The Bertz CT molecular complexity index is 1530. The maximum atomic E-state index is 14.4. The number of benzene rings is 3. The first-order chi connectivity index (χ1) is 21.1. The Morgan fingerprint density at radius 3 is 2.14 bits per heavy atom. The molecule has 2 amide bonds. The molecule has 236 valence electrons. The van der Waals surface area contributed by atoms with E-state index in [-0.39, 0.29) is 29.1 Å². The predicted octanol–water partition coefficient (Wildman–Crippen LogP) is 5.38. The number of rotatable bonds is 13. The lowest BCUT2D eigenvalue weighted by Crippen LogP contribution is -2.53. The molecule has 1 aliphatic rings. The van der Waals surface area contributed by atoms with Gasteiger partial charge < -0.3 is 19.7 Å². The molecule has 0 bridgehead atoms. The van der Waals surface area contributed by atoms with E-state index in [1.165, 1.54) is 24.1 Å². The third kappa shape index (κ3) is 7.72. The Labute approximate surface area is 261 Å². The smallest absolute Gasteiger partial charge is 0.264 e. The van der Waals surface area contributed by atoms with Gasteiger partial charge in [-0.1, -0.05) is 55.7 Å². The first kappa shape index (κ1) is 32.9. The van der Waals surface area contributed by atoms with Crippen LogP contribution in [-0.2, 0) is 26.2 Å². The molecule has 3 aromatic carbocycles. The van der Waals surface area contributed by atoms with E-state index in [0.717, 1.165) is 46.7 Å². The van der Waals surface area contributed by atoms with E-state index < -0.39 is 28.5 Å². The summed E-state index contributed by atoms with van der Waals surface area (Å²) in [7, 11) is -1.17. The maximum absolute atomic E-state index is 14.4. The minimum atomic E-state index is -4.21. The van der Waals surface area contributed by atoms with Crippen LogP contribution in [-0.4, -0.2) is 58.0 Å². The molecule has 3 aromatic rings. The molecule has 1 N–H and O–H groups in total. The largest absolute Gasteiger partial charge is 0.497 e. The molecule has 1 fully saturated rings. The second kappa shape index (κ2) is 14.6. The summed E-state index contributed by atoms with van der Waals surface area (Å²) >= 11 is 0. The van der Waals surface area contributed by atoms with Gasteiger partial charge in [0.2, 0.25) is 11.8 Å². The molecule has 44 heavy (non-hydrogen) atoms. The third-order valence-electron chi connectivity index (χ3n) is 8.09. The molecular formula is C34H43N3O6S. The molecular weight excluding hydrogens is 578 g/mol. The predicted molar refractivity (Wildman–Crippen MR) is 171 cm³/mol. The summed E-state index contributed by atoms with van der Waals surface area (Å²) in [6.07, 6.45) is 4.29. The standard InChI is InChI=1S/C34H43N3O6S/c1-6-30(34(39)35-27-9-7-8-10-27)36(22-26-14-16-28(42-4)17-15-26)33(38)23-37(31-21-25(3)13-20-32(31)43-5)44(40,41)29-18-11-24(2)12-19-29/h11-21,27,30H,6-10,22-23H2,1-5H3,(H,35,39)/t30-/m0/s1. The number of nitrogens with zero attached hydrogens (tertiary/aromatic N) is 2. The number of methoxy groups -OCH3 is 2. The van der Waals surface area contributed by atoms with Crippen LogP contribution in [0.2, 0.25) is 0 Å². The Hall–Kier alpha value is -4.05. The van der Waals surface area contributed by atoms with Crippen LogP contribution in [0, 0.1) is 13.8 Å². The first-order valence-electron chi connectivity index (χ1n) is 15.0. The van der Waals surface area contributed by atoms with Crippen LogP contribution in [0.3, 0.4) is 0 Å². The number of ether oxygens (including phenoxy) is 2. The fourth-order valence-electron chi connectivity index (χ4n) is 5.56. The fourth-order valence-corrected chi connectivity index (χ4v) is 6.98. The first-order valence-corrected chi connectivity index (χ1v) is 16.5. The molecule has 0 saturated heterocycles. The summed E-state index contributed by atoms with van der Waals surface area (Å²) in [5.41, 5.74) is 2.74. The van der Waals surface area contributed by atoms with E-state index in [4.69, 9.17) is 9.47 Å². The van der Waals surface area contributed by atoms with E-state index >= 15 is 0 Å². The Morgan fingerprint density at radius 2 is 1.55 bits per heavy atom. The van der Waals surface area contributed by atoms with Crippen molar-refractivity contribution in [2.75, 3.05) is 25.1 Å². The Balaban J connectivity index is 1.76. The average Bonchev–Trinajstić information content (AvgIpc) is 3.53. The molecule has 1 aliphatic carbocycles. The number of carbonyl (C=O) groups excluding carboxylic acids is 2. The molecule has 1 saturated carbocycles. The highest BCUT2D eigenvalue weighted by atomic mass is 32.2. The van der Waals surface area contributed by atoms with Crippen molar-refractivity contribution < 1.29 is 27.5 Å². The van der Waals surface area contributed by atoms with Crippen molar-refractivity contribution in [1.29, 1.82) is 0 Å². The third-order valence-corrected chi connectivity index (χ3v) is 9.86. The zero-order valence-electron chi connectivity index (χ0n) is 26.2. The molecule has 0 aliphatic heterocycles. The summed E-state index contributed by atoms with van der Waals surface area (Å²) in [5.74, 6) is 0.238. The SMILES string of the molecule is CC[C@@H](C(=O)NC1CCCC1)N(Cc1ccc(OC)cc1)C(=O)CN(c1cc(C)ccc1OC)S(=O)(=O)c1ccc(C)cc1. The van der Waals surface area contributed by atoms with Gasteiger partial charge in [-0.25, -0.2) is 8.42 Å². The van der Waals surface area contributed by atoms with Gasteiger partial charge in [0.1, 0.15) is 24.1 Å². The zero-order chi connectivity index (χ0) is 31.9. The molecule has 0 heterocycles. The molecule has 1 atom stereocenters. The second-order valence-electron chi connectivity index (χ2n) is 11.3. The van der Waals surface area contributed by atoms with Crippen molar-refractivity contribution in [3.63, 3.8) is 0 Å². The normalized spacial score (nSPS) is 14.1. The maximum Gasteiger partial charge on any atom is 0.264 e. The van der Waals surface area contributed by atoms with Gasteiger partial charge in [-0.15, -0.1) is 0 Å². The van der Waals surface area contributed by atoms with E-state index in [1.807, 2.05) is 39.0 Å². The summed E-state index contributed by atoms with van der Waals surface area (Å²) in [5, 5.41) is 3.14. The lowest BCUT2D eigenvalue weighted by molar-refractivity contribution is -0.140. The Morgan fingerprint density at radius 1 is 0.909 bits per heavy atom. The van der Waals surface area contributed by atoms with E-state index in [9.17, 15) is 18.0 Å². The minimum absolute atomic E-state index is 0.0483. The number of nitrogens with one attached hydrogen (secondary N) is 1. The van der Waals surface area contributed by atoms with Crippen molar-refractivity contribution in [2.24, 2.45) is 0 Å². The quantitative estimate of drug-likeness (QED) is 0.275. The molecule has 0 aromatic heterocycles. The van der Waals surface area contributed by atoms with Gasteiger partial charge in [0, 0.05) is 12.6 Å². The number of amides is 2. The molecule has 0 spiro atoms. The van der Waals surface area contributed by atoms with Gasteiger partial charge in [-0.2, -0.15) is 0 Å². The monoisotopic (exact) mass is 621 g/mol. The van der Waals surface area contributed by atoms with Gasteiger partial charge in [0.05, 0.1) is 24.8 Å². The average molecular weight is 622 g/mol. The van der Waals surface area contributed by atoms with E-state index in [0.29, 0.717) is 17.9 Å². The molecule has 0 unspecified atom stereocenters.